The summed E-state index contributed by atoms with van der Waals surface area (Å²) in [5.74, 6) is 2.08. The maximum atomic E-state index is 12.3. The van der Waals surface area contributed by atoms with Gasteiger partial charge in [-0.2, -0.15) is 0 Å². The van der Waals surface area contributed by atoms with E-state index in [2.05, 4.69) is 26.3 Å². The second-order valence-corrected chi connectivity index (χ2v) is 8.06. The number of likely N-dealkylation sites (tertiary alicyclic amines) is 1. The Kier molecular flexibility index (Phi) is 4.94. The van der Waals surface area contributed by atoms with E-state index >= 15 is 0 Å². The third-order valence-corrected chi connectivity index (χ3v) is 5.99. The normalized spacial score (nSPS) is 17.2. The highest BCUT2D eigenvalue weighted by molar-refractivity contribution is 5.92. The second kappa shape index (κ2) is 7.89. The van der Waals surface area contributed by atoms with Crippen LogP contribution in [0.1, 0.15) is 25.7 Å². The molecular weight excluding hydrogens is 378 g/mol. The molecule has 0 spiro atoms. The number of pyridine rings is 1. The minimum absolute atomic E-state index is 0.297. The number of amides is 1. The van der Waals surface area contributed by atoms with Gasteiger partial charge < -0.3 is 15.0 Å². The molecule has 1 aromatic carbocycles. The molecule has 1 saturated carbocycles. The molecule has 1 saturated heterocycles. The summed E-state index contributed by atoms with van der Waals surface area (Å²) in [6.07, 6.45) is 7.42. The molecule has 5 rings (SSSR count). The highest BCUT2D eigenvalue weighted by atomic mass is 16.5. The summed E-state index contributed by atoms with van der Waals surface area (Å²) < 4.78 is 5.15. The van der Waals surface area contributed by atoms with Crippen molar-refractivity contribution < 1.29 is 9.53 Å². The fourth-order valence-electron chi connectivity index (χ4n) is 4.05. The van der Waals surface area contributed by atoms with Crippen molar-refractivity contribution in [1.29, 1.82) is 0 Å². The van der Waals surface area contributed by atoms with E-state index < -0.39 is 0 Å². The number of nitrogens with zero attached hydrogens (tertiary/aromatic N) is 4. The van der Waals surface area contributed by atoms with Gasteiger partial charge in [0, 0.05) is 48.3 Å². The zero-order chi connectivity index (χ0) is 20.5. The van der Waals surface area contributed by atoms with Gasteiger partial charge in [-0.3, -0.25) is 4.79 Å². The Morgan fingerprint density at radius 3 is 2.53 bits per heavy atom. The van der Waals surface area contributed by atoms with Crippen molar-refractivity contribution in [2.45, 2.75) is 31.7 Å². The number of benzene rings is 1. The molecule has 7 heteroatoms. The van der Waals surface area contributed by atoms with Crippen molar-refractivity contribution in [1.82, 2.24) is 19.9 Å². The van der Waals surface area contributed by atoms with Crippen LogP contribution < -0.4 is 10.1 Å². The van der Waals surface area contributed by atoms with E-state index in [0.29, 0.717) is 23.7 Å². The van der Waals surface area contributed by atoms with E-state index in [0.717, 1.165) is 66.6 Å². The molecule has 0 atom stereocenters. The van der Waals surface area contributed by atoms with Crippen LogP contribution in [0.2, 0.25) is 0 Å². The van der Waals surface area contributed by atoms with Crippen molar-refractivity contribution in [3.63, 3.8) is 0 Å². The van der Waals surface area contributed by atoms with Crippen LogP contribution in [-0.2, 0) is 4.79 Å². The average Bonchev–Trinajstić information content (AvgIpc) is 3.65. The third-order valence-electron chi connectivity index (χ3n) is 5.99. The lowest BCUT2D eigenvalue weighted by Crippen LogP contribution is -2.43. The predicted molar refractivity (Wildman–Crippen MR) is 115 cm³/mol. The van der Waals surface area contributed by atoms with E-state index in [-0.39, 0.29) is 0 Å². The van der Waals surface area contributed by atoms with Crippen LogP contribution in [0.25, 0.3) is 22.0 Å². The molecule has 154 valence electrons. The first-order chi connectivity index (χ1) is 14.7. The van der Waals surface area contributed by atoms with Crippen molar-refractivity contribution >= 4 is 22.6 Å². The maximum Gasteiger partial charge on any atom is 0.225 e. The number of hydrogen-bond donors (Lipinski definition) is 1. The molecule has 0 radical (unpaired) electrons. The molecule has 2 aliphatic rings. The van der Waals surface area contributed by atoms with E-state index in [1.54, 1.807) is 13.4 Å². The van der Waals surface area contributed by atoms with E-state index in [1.807, 2.05) is 35.4 Å². The molecule has 0 bridgehead atoms. The smallest absolute Gasteiger partial charge is 0.225 e. The van der Waals surface area contributed by atoms with Crippen LogP contribution in [0.4, 0.5) is 5.82 Å². The molecule has 1 aliphatic carbocycles. The van der Waals surface area contributed by atoms with Gasteiger partial charge in [-0.05, 0) is 49.4 Å². The average molecular weight is 403 g/mol. The largest absolute Gasteiger partial charge is 0.481 e. The van der Waals surface area contributed by atoms with E-state index in [4.69, 9.17) is 4.74 Å². The third kappa shape index (κ3) is 3.79. The topological polar surface area (TPSA) is 80.2 Å². The number of piperidine rings is 1. The number of fused-ring (bicyclic) bond motifs is 1. The number of rotatable bonds is 5. The molecule has 3 heterocycles. The van der Waals surface area contributed by atoms with Crippen LogP contribution >= 0.6 is 0 Å². The monoisotopic (exact) mass is 403 g/mol. The Balaban J connectivity index is 1.34. The summed E-state index contributed by atoms with van der Waals surface area (Å²) in [6, 6.07) is 10.3. The van der Waals surface area contributed by atoms with Gasteiger partial charge >= 0.3 is 0 Å². The number of carbonyl (C=O) groups excluding carboxylic acids is 1. The Morgan fingerprint density at radius 2 is 1.83 bits per heavy atom. The zero-order valence-corrected chi connectivity index (χ0v) is 17.0. The molecule has 1 aliphatic heterocycles. The Bertz CT molecular complexity index is 1060. The molecule has 0 unspecified atom stereocenters. The number of nitrogens with one attached hydrogen (secondary N) is 1. The number of methoxy groups -OCH3 is 1. The van der Waals surface area contributed by atoms with Crippen molar-refractivity contribution in [3.8, 4) is 17.0 Å². The number of hydrogen-bond acceptors (Lipinski definition) is 6. The first-order valence-corrected chi connectivity index (χ1v) is 10.5. The molecule has 30 heavy (non-hydrogen) atoms. The van der Waals surface area contributed by atoms with Crippen LogP contribution in [0.3, 0.4) is 0 Å². The van der Waals surface area contributed by atoms with Crippen LogP contribution in [-0.4, -0.2) is 52.0 Å². The Labute approximate surface area is 175 Å². The lowest BCUT2D eigenvalue weighted by Gasteiger charge is -2.33. The SMILES string of the molecule is COc1ccc(-c2ccc3ncnc(NC4CCN(C(=O)C5CC5)CC4)c3c2)cn1. The lowest BCUT2D eigenvalue weighted by atomic mass is 10.0. The van der Waals surface area contributed by atoms with Crippen LogP contribution in [0.5, 0.6) is 5.88 Å². The number of ether oxygens (including phenoxy) is 1. The summed E-state index contributed by atoms with van der Waals surface area (Å²) in [5, 5.41) is 4.59. The fourth-order valence-corrected chi connectivity index (χ4v) is 4.05. The quantitative estimate of drug-likeness (QED) is 0.702. The first kappa shape index (κ1) is 18.8. The summed E-state index contributed by atoms with van der Waals surface area (Å²) >= 11 is 0. The molecule has 3 aromatic rings. The molecule has 1 amide bonds. The maximum absolute atomic E-state index is 12.3. The van der Waals surface area contributed by atoms with Gasteiger partial charge in [-0.15, -0.1) is 0 Å². The molecule has 1 N–H and O–H groups in total. The minimum Gasteiger partial charge on any atom is -0.481 e. The lowest BCUT2D eigenvalue weighted by molar-refractivity contribution is -0.133. The molecule has 2 fully saturated rings. The fraction of sp³-hybridized carbons (Fsp3) is 0.391. The molecule has 2 aromatic heterocycles. The first-order valence-electron chi connectivity index (χ1n) is 10.5. The predicted octanol–water partition coefficient (Wildman–Crippen LogP) is 3.51. The standard InChI is InChI=1S/C23H25N5O2/c1-30-21-7-5-17(13-24-21)16-4-6-20-19(12-16)22(26-14-25-20)27-18-8-10-28(11-9-18)23(29)15-2-3-15/h4-7,12-15,18H,2-3,8-11H2,1H3,(H,25,26,27). The Morgan fingerprint density at radius 1 is 1.03 bits per heavy atom. The number of anilines is 1. The summed E-state index contributed by atoms with van der Waals surface area (Å²) in [7, 11) is 1.61. The van der Waals surface area contributed by atoms with Crippen molar-refractivity contribution in [3.05, 3.63) is 42.9 Å². The van der Waals surface area contributed by atoms with Gasteiger partial charge in [0.15, 0.2) is 0 Å². The summed E-state index contributed by atoms with van der Waals surface area (Å²) in [4.78, 5) is 27.6. The van der Waals surface area contributed by atoms with E-state index in [9.17, 15) is 4.79 Å². The zero-order valence-electron chi connectivity index (χ0n) is 17.0. The van der Waals surface area contributed by atoms with Gasteiger partial charge in [-0.1, -0.05) is 6.07 Å². The Hall–Kier alpha value is -3.22. The highest BCUT2D eigenvalue weighted by Gasteiger charge is 2.34. The van der Waals surface area contributed by atoms with Crippen molar-refractivity contribution in [2.24, 2.45) is 5.92 Å². The van der Waals surface area contributed by atoms with Crippen molar-refractivity contribution in [2.75, 3.05) is 25.5 Å². The van der Waals surface area contributed by atoms with Gasteiger partial charge in [0.05, 0.1) is 12.6 Å². The van der Waals surface area contributed by atoms with E-state index in [1.165, 1.54) is 0 Å². The molecular formula is C23H25N5O2. The van der Waals surface area contributed by atoms with Gasteiger partial charge in [0.1, 0.15) is 12.1 Å². The van der Waals surface area contributed by atoms with Crippen LogP contribution in [0, 0.1) is 5.92 Å². The molecule has 7 nitrogen and oxygen atoms in total. The highest BCUT2D eigenvalue weighted by Crippen LogP contribution is 2.32. The summed E-state index contributed by atoms with van der Waals surface area (Å²) in [6.45, 7) is 1.64. The number of aromatic nitrogens is 3. The van der Waals surface area contributed by atoms with Gasteiger partial charge in [-0.25, -0.2) is 15.0 Å². The number of carbonyl (C=O) groups is 1. The summed E-state index contributed by atoms with van der Waals surface area (Å²) in [5.41, 5.74) is 2.97. The minimum atomic E-state index is 0.297. The van der Waals surface area contributed by atoms with Crippen LogP contribution in [0.15, 0.2) is 42.9 Å². The second-order valence-electron chi connectivity index (χ2n) is 8.06. The van der Waals surface area contributed by atoms with Gasteiger partial charge in [0.2, 0.25) is 11.8 Å². The van der Waals surface area contributed by atoms with Gasteiger partial charge in [0.25, 0.3) is 0 Å².